The van der Waals surface area contributed by atoms with Gasteiger partial charge in [0.2, 0.25) is 5.16 Å². The molecule has 0 saturated heterocycles. The van der Waals surface area contributed by atoms with E-state index in [4.69, 9.17) is 9.47 Å². The van der Waals surface area contributed by atoms with Crippen LogP contribution in [0.5, 0.6) is 11.5 Å². The summed E-state index contributed by atoms with van der Waals surface area (Å²) in [5, 5.41) is 12.7. The maximum Gasteiger partial charge on any atom is 0.214 e. The first-order chi connectivity index (χ1) is 11.7. The first-order valence-electron chi connectivity index (χ1n) is 7.09. The second kappa shape index (κ2) is 7.67. The third-order valence-corrected chi connectivity index (χ3v) is 4.82. The number of thioether (sulfide) groups is 1. The Bertz CT molecular complexity index is 823. The zero-order chi connectivity index (χ0) is 16.9. The summed E-state index contributed by atoms with van der Waals surface area (Å²) in [7, 11) is 3.30. The number of rotatable bonds is 6. The molecular weight excluding hydrogens is 392 g/mol. The monoisotopic (exact) mass is 406 g/mol. The van der Waals surface area contributed by atoms with Gasteiger partial charge in [0.15, 0.2) is 0 Å². The van der Waals surface area contributed by atoms with Gasteiger partial charge in [0.25, 0.3) is 0 Å². The first kappa shape index (κ1) is 16.8. The van der Waals surface area contributed by atoms with Gasteiger partial charge < -0.3 is 9.47 Å². The molecule has 0 aliphatic rings. The van der Waals surface area contributed by atoms with Crippen LogP contribution in [0.15, 0.2) is 52.1 Å². The Balaban J connectivity index is 1.80. The van der Waals surface area contributed by atoms with E-state index in [1.54, 1.807) is 30.7 Å². The minimum atomic E-state index is 0.694. The van der Waals surface area contributed by atoms with Crippen LogP contribution < -0.4 is 9.47 Å². The Morgan fingerprint density at radius 1 is 1.08 bits per heavy atom. The van der Waals surface area contributed by atoms with Crippen molar-refractivity contribution >= 4 is 27.7 Å². The van der Waals surface area contributed by atoms with E-state index in [1.807, 2.05) is 42.5 Å². The molecule has 2 aromatic carbocycles. The van der Waals surface area contributed by atoms with Gasteiger partial charge in [-0.1, -0.05) is 27.7 Å². The fraction of sp³-hybridized carbons (Fsp3) is 0.188. The fourth-order valence-corrected chi connectivity index (χ4v) is 3.43. The van der Waals surface area contributed by atoms with Gasteiger partial charge in [-0.25, -0.2) is 0 Å². The number of benzene rings is 2. The highest BCUT2D eigenvalue weighted by Crippen LogP contribution is 2.30. The molecule has 0 spiro atoms. The molecule has 0 aliphatic carbocycles. The van der Waals surface area contributed by atoms with Crippen LogP contribution in [0.25, 0.3) is 5.69 Å². The van der Waals surface area contributed by atoms with Gasteiger partial charge in [-0.2, -0.15) is 4.68 Å². The number of tetrazole rings is 1. The summed E-state index contributed by atoms with van der Waals surface area (Å²) in [4.78, 5) is 0. The lowest BCUT2D eigenvalue weighted by Crippen LogP contribution is -1.99. The van der Waals surface area contributed by atoms with Gasteiger partial charge in [-0.15, -0.1) is 5.10 Å². The van der Waals surface area contributed by atoms with Crippen molar-refractivity contribution in [3.05, 3.63) is 52.5 Å². The minimum absolute atomic E-state index is 0.694. The number of hydrogen-bond acceptors (Lipinski definition) is 6. The molecule has 3 aromatic rings. The topological polar surface area (TPSA) is 62.1 Å². The quantitative estimate of drug-likeness (QED) is 0.581. The van der Waals surface area contributed by atoms with Crippen molar-refractivity contribution in [3.63, 3.8) is 0 Å². The van der Waals surface area contributed by atoms with Crippen LogP contribution in [0.3, 0.4) is 0 Å². The Labute approximate surface area is 152 Å². The normalized spacial score (nSPS) is 10.6. The average molecular weight is 407 g/mol. The molecule has 0 amide bonds. The van der Waals surface area contributed by atoms with Crippen molar-refractivity contribution in [2.45, 2.75) is 10.9 Å². The van der Waals surface area contributed by atoms with E-state index in [2.05, 4.69) is 31.5 Å². The van der Waals surface area contributed by atoms with Gasteiger partial charge in [-0.3, -0.25) is 0 Å². The first-order valence-corrected chi connectivity index (χ1v) is 8.87. The van der Waals surface area contributed by atoms with Gasteiger partial charge in [0, 0.05) is 15.8 Å². The molecule has 0 bridgehead atoms. The fourth-order valence-electron chi connectivity index (χ4n) is 2.16. The van der Waals surface area contributed by atoms with Crippen molar-refractivity contribution in [2.24, 2.45) is 0 Å². The summed E-state index contributed by atoms with van der Waals surface area (Å²) in [5.74, 6) is 2.33. The number of halogens is 1. The van der Waals surface area contributed by atoms with E-state index >= 15 is 0 Å². The number of nitrogens with zero attached hydrogens (tertiary/aromatic N) is 4. The number of aromatic nitrogens is 4. The van der Waals surface area contributed by atoms with E-state index in [9.17, 15) is 0 Å². The minimum Gasteiger partial charge on any atom is -0.497 e. The van der Waals surface area contributed by atoms with Crippen LogP contribution in [0, 0.1) is 0 Å². The Kier molecular flexibility index (Phi) is 5.37. The SMILES string of the molecule is COc1ccc(-n2nnnc2SCc2cc(Br)ccc2OC)cc1. The highest BCUT2D eigenvalue weighted by atomic mass is 79.9. The van der Waals surface area contributed by atoms with E-state index in [-0.39, 0.29) is 0 Å². The maximum absolute atomic E-state index is 5.40. The maximum atomic E-state index is 5.40. The molecule has 3 rings (SSSR count). The molecule has 0 radical (unpaired) electrons. The van der Waals surface area contributed by atoms with Crippen molar-refractivity contribution in [1.29, 1.82) is 0 Å². The van der Waals surface area contributed by atoms with Crippen molar-refractivity contribution < 1.29 is 9.47 Å². The average Bonchev–Trinajstić information content (AvgIpc) is 3.08. The van der Waals surface area contributed by atoms with Crippen LogP contribution in [-0.4, -0.2) is 34.4 Å². The molecule has 0 aliphatic heterocycles. The largest absolute Gasteiger partial charge is 0.497 e. The van der Waals surface area contributed by atoms with Crippen molar-refractivity contribution in [3.8, 4) is 17.2 Å². The molecule has 8 heteroatoms. The second-order valence-electron chi connectivity index (χ2n) is 4.82. The highest BCUT2D eigenvalue weighted by molar-refractivity contribution is 9.10. The van der Waals surface area contributed by atoms with Crippen molar-refractivity contribution in [1.82, 2.24) is 20.2 Å². The smallest absolute Gasteiger partial charge is 0.214 e. The molecule has 0 fully saturated rings. The molecule has 0 atom stereocenters. The molecule has 6 nitrogen and oxygen atoms in total. The number of hydrogen-bond donors (Lipinski definition) is 0. The standard InChI is InChI=1S/C16H15BrN4O2S/c1-22-14-6-4-13(5-7-14)21-16(18-19-20-21)24-10-11-9-12(17)3-8-15(11)23-2/h3-9H,10H2,1-2H3. The number of ether oxygens (including phenoxy) is 2. The molecule has 0 unspecified atom stereocenters. The summed E-state index contributed by atoms with van der Waals surface area (Å²) >= 11 is 5.03. The highest BCUT2D eigenvalue weighted by Gasteiger charge is 2.11. The summed E-state index contributed by atoms with van der Waals surface area (Å²) in [6, 6.07) is 13.5. The Morgan fingerprint density at radius 2 is 1.88 bits per heavy atom. The van der Waals surface area contributed by atoms with Crippen LogP contribution in [0.1, 0.15) is 5.56 Å². The molecule has 0 N–H and O–H groups in total. The predicted molar refractivity (Wildman–Crippen MR) is 96.0 cm³/mol. The Morgan fingerprint density at radius 3 is 2.58 bits per heavy atom. The van der Waals surface area contributed by atoms with E-state index in [1.165, 1.54) is 0 Å². The molecule has 1 heterocycles. The van der Waals surface area contributed by atoms with Gasteiger partial charge in [0.05, 0.1) is 19.9 Å². The molecule has 24 heavy (non-hydrogen) atoms. The molecular formula is C16H15BrN4O2S. The summed E-state index contributed by atoms with van der Waals surface area (Å²) in [6.45, 7) is 0. The summed E-state index contributed by atoms with van der Waals surface area (Å²) < 4.78 is 13.3. The molecule has 124 valence electrons. The lowest BCUT2D eigenvalue weighted by molar-refractivity contribution is 0.411. The van der Waals surface area contributed by atoms with Gasteiger partial charge in [0.1, 0.15) is 11.5 Å². The van der Waals surface area contributed by atoms with E-state index in [0.717, 1.165) is 27.2 Å². The predicted octanol–water partition coefficient (Wildman–Crippen LogP) is 3.73. The lowest BCUT2D eigenvalue weighted by Gasteiger charge is -2.09. The number of methoxy groups -OCH3 is 2. The van der Waals surface area contributed by atoms with Crippen LogP contribution in [0.4, 0.5) is 0 Å². The van der Waals surface area contributed by atoms with Crippen LogP contribution in [-0.2, 0) is 5.75 Å². The third-order valence-electron chi connectivity index (χ3n) is 3.36. The Hall–Kier alpha value is -2.06. The summed E-state index contributed by atoms with van der Waals surface area (Å²) in [5.41, 5.74) is 1.95. The lowest BCUT2D eigenvalue weighted by atomic mass is 10.2. The summed E-state index contributed by atoms with van der Waals surface area (Å²) in [6.07, 6.45) is 0. The third kappa shape index (κ3) is 3.70. The van der Waals surface area contributed by atoms with Gasteiger partial charge in [-0.05, 0) is 52.9 Å². The molecule has 0 saturated carbocycles. The van der Waals surface area contributed by atoms with Crippen LogP contribution >= 0.6 is 27.7 Å². The van der Waals surface area contributed by atoms with E-state index in [0.29, 0.717) is 10.9 Å². The van der Waals surface area contributed by atoms with E-state index < -0.39 is 0 Å². The second-order valence-corrected chi connectivity index (χ2v) is 6.67. The zero-order valence-electron chi connectivity index (χ0n) is 13.1. The van der Waals surface area contributed by atoms with Gasteiger partial charge >= 0.3 is 0 Å². The molecule has 1 aromatic heterocycles. The van der Waals surface area contributed by atoms with Crippen molar-refractivity contribution in [2.75, 3.05) is 14.2 Å². The van der Waals surface area contributed by atoms with Crippen LogP contribution in [0.2, 0.25) is 0 Å². The zero-order valence-corrected chi connectivity index (χ0v) is 15.5.